The maximum Gasteiger partial charge on any atom is 0.222 e. The summed E-state index contributed by atoms with van der Waals surface area (Å²) in [5.74, 6) is 0.827. The topological polar surface area (TPSA) is 72.4 Å². The first-order chi connectivity index (χ1) is 9.54. The highest BCUT2D eigenvalue weighted by Crippen LogP contribution is 2.10. The molecule has 5 heteroatoms. The van der Waals surface area contributed by atoms with Gasteiger partial charge in [0, 0.05) is 25.2 Å². The molecule has 1 heterocycles. The SMILES string of the molecule is Cc1cc(CN(C)C(=O)CCc2cccc(N)c2)no1. The number of amides is 1. The number of nitrogens with zero attached hydrogens (tertiary/aromatic N) is 2. The van der Waals surface area contributed by atoms with Crippen molar-refractivity contribution in [2.45, 2.75) is 26.3 Å². The molecule has 2 N–H and O–H groups in total. The van der Waals surface area contributed by atoms with Crippen molar-refractivity contribution < 1.29 is 9.32 Å². The van der Waals surface area contributed by atoms with Crippen LogP contribution in [0.15, 0.2) is 34.9 Å². The molecule has 1 amide bonds. The number of aryl methyl sites for hydroxylation is 2. The van der Waals surface area contributed by atoms with E-state index in [1.807, 2.05) is 37.3 Å². The summed E-state index contributed by atoms with van der Waals surface area (Å²) < 4.78 is 4.99. The minimum Gasteiger partial charge on any atom is -0.399 e. The molecule has 2 aromatic rings. The molecule has 2 rings (SSSR count). The average Bonchev–Trinajstić information content (AvgIpc) is 2.81. The van der Waals surface area contributed by atoms with Crippen molar-refractivity contribution in [3.63, 3.8) is 0 Å². The molecule has 5 nitrogen and oxygen atoms in total. The second-order valence-electron chi connectivity index (χ2n) is 4.92. The van der Waals surface area contributed by atoms with Gasteiger partial charge >= 0.3 is 0 Å². The third kappa shape index (κ3) is 3.85. The van der Waals surface area contributed by atoms with Crippen LogP contribution in [0.25, 0.3) is 0 Å². The van der Waals surface area contributed by atoms with Crippen LogP contribution in [-0.4, -0.2) is 23.0 Å². The van der Waals surface area contributed by atoms with Crippen molar-refractivity contribution in [1.29, 1.82) is 0 Å². The Morgan fingerprint density at radius 3 is 2.85 bits per heavy atom. The fourth-order valence-corrected chi connectivity index (χ4v) is 2.01. The van der Waals surface area contributed by atoms with E-state index in [1.54, 1.807) is 11.9 Å². The maximum atomic E-state index is 12.0. The van der Waals surface area contributed by atoms with Gasteiger partial charge in [0.25, 0.3) is 0 Å². The predicted molar refractivity (Wildman–Crippen MR) is 76.9 cm³/mol. The van der Waals surface area contributed by atoms with Gasteiger partial charge in [-0.05, 0) is 31.0 Å². The quantitative estimate of drug-likeness (QED) is 0.847. The normalized spacial score (nSPS) is 10.5. The van der Waals surface area contributed by atoms with Gasteiger partial charge in [-0.1, -0.05) is 17.3 Å². The zero-order chi connectivity index (χ0) is 14.5. The van der Waals surface area contributed by atoms with Crippen LogP contribution in [0.1, 0.15) is 23.4 Å². The van der Waals surface area contributed by atoms with E-state index in [9.17, 15) is 4.79 Å². The number of carbonyl (C=O) groups is 1. The van der Waals surface area contributed by atoms with Crippen molar-refractivity contribution in [2.75, 3.05) is 12.8 Å². The van der Waals surface area contributed by atoms with Gasteiger partial charge in [0.15, 0.2) is 0 Å². The van der Waals surface area contributed by atoms with Gasteiger partial charge in [0.05, 0.1) is 6.54 Å². The van der Waals surface area contributed by atoms with Crippen LogP contribution in [0, 0.1) is 6.92 Å². The number of rotatable bonds is 5. The molecule has 0 aliphatic rings. The summed E-state index contributed by atoms with van der Waals surface area (Å²) in [4.78, 5) is 13.7. The van der Waals surface area contributed by atoms with Crippen LogP contribution >= 0.6 is 0 Å². The first-order valence-corrected chi connectivity index (χ1v) is 6.55. The molecule has 0 saturated carbocycles. The summed E-state index contributed by atoms with van der Waals surface area (Å²) in [7, 11) is 1.77. The van der Waals surface area contributed by atoms with Crippen LogP contribution in [0.2, 0.25) is 0 Å². The monoisotopic (exact) mass is 273 g/mol. The molecule has 0 spiro atoms. The minimum atomic E-state index is 0.0769. The van der Waals surface area contributed by atoms with Gasteiger partial charge in [-0.3, -0.25) is 4.79 Å². The van der Waals surface area contributed by atoms with E-state index in [-0.39, 0.29) is 5.91 Å². The minimum absolute atomic E-state index is 0.0769. The number of hydrogen-bond acceptors (Lipinski definition) is 4. The Morgan fingerprint density at radius 1 is 1.40 bits per heavy atom. The average molecular weight is 273 g/mol. The molecule has 0 atom stereocenters. The Bertz CT molecular complexity index is 592. The lowest BCUT2D eigenvalue weighted by Crippen LogP contribution is -2.26. The molecule has 106 valence electrons. The summed E-state index contributed by atoms with van der Waals surface area (Å²) in [5.41, 5.74) is 8.28. The third-order valence-corrected chi connectivity index (χ3v) is 3.08. The molecule has 1 aromatic heterocycles. The Balaban J connectivity index is 1.85. The zero-order valence-corrected chi connectivity index (χ0v) is 11.8. The van der Waals surface area contributed by atoms with Crippen molar-refractivity contribution in [3.05, 3.63) is 47.3 Å². The van der Waals surface area contributed by atoms with E-state index < -0.39 is 0 Å². The number of aromatic nitrogens is 1. The van der Waals surface area contributed by atoms with Crippen LogP contribution < -0.4 is 5.73 Å². The fraction of sp³-hybridized carbons (Fsp3) is 0.333. The summed E-state index contributed by atoms with van der Waals surface area (Å²) >= 11 is 0. The fourth-order valence-electron chi connectivity index (χ4n) is 2.01. The molecule has 0 aliphatic carbocycles. The molecule has 0 unspecified atom stereocenters. The van der Waals surface area contributed by atoms with Gasteiger partial charge in [-0.25, -0.2) is 0 Å². The molecule has 0 saturated heterocycles. The van der Waals surface area contributed by atoms with E-state index in [1.165, 1.54) is 0 Å². The highest BCUT2D eigenvalue weighted by molar-refractivity contribution is 5.76. The summed E-state index contributed by atoms with van der Waals surface area (Å²) in [6, 6.07) is 9.45. The second kappa shape index (κ2) is 6.23. The first-order valence-electron chi connectivity index (χ1n) is 6.55. The van der Waals surface area contributed by atoms with Gasteiger partial charge in [-0.2, -0.15) is 0 Å². The predicted octanol–water partition coefficient (Wildman–Crippen LogP) is 2.16. The number of nitrogen functional groups attached to an aromatic ring is 1. The van der Waals surface area contributed by atoms with Crippen LogP contribution in [0.5, 0.6) is 0 Å². The van der Waals surface area contributed by atoms with Crippen LogP contribution in [-0.2, 0) is 17.8 Å². The summed E-state index contributed by atoms with van der Waals surface area (Å²) in [6.45, 7) is 2.30. The largest absolute Gasteiger partial charge is 0.399 e. The van der Waals surface area contributed by atoms with E-state index in [2.05, 4.69) is 5.16 Å². The van der Waals surface area contributed by atoms with Gasteiger partial charge in [-0.15, -0.1) is 0 Å². The Labute approximate surface area is 118 Å². The van der Waals surface area contributed by atoms with E-state index in [0.717, 1.165) is 22.7 Å². The Morgan fingerprint density at radius 2 is 2.20 bits per heavy atom. The molecular formula is C15H19N3O2. The second-order valence-corrected chi connectivity index (χ2v) is 4.92. The van der Waals surface area contributed by atoms with Crippen molar-refractivity contribution >= 4 is 11.6 Å². The molecule has 1 aromatic carbocycles. The van der Waals surface area contributed by atoms with Crippen molar-refractivity contribution in [2.24, 2.45) is 0 Å². The Kier molecular flexibility index (Phi) is 4.40. The molecule has 0 bridgehead atoms. The van der Waals surface area contributed by atoms with Gasteiger partial charge < -0.3 is 15.2 Å². The summed E-state index contributed by atoms with van der Waals surface area (Å²) in [6.07, 6.45) is 1.14. The number of nitrogens with two attached hydrogens (primary N) is 1. The highest BCUT2D eigenvalue weighted by atomic mass is 16.5. The first kappa shape index (κ1) is 14.1. The maximum absolute atomic E-state index is 12.0. The molecular weight excluding hydrogens is 254 g/mol. The smallest absolute Gasteiger partial charge is 0.222 e. The standard InChI is InChI=1S/C15H19N3O2/c1-11-8-14(17-20-11)10-18(2)15(19)7-6-12-4-3-5-13(16)9-12/h3-5,8-9H,6-7,10,16H2,1-2H3. The molecule has 0 aliphatic heterocycles. The number of benzene rings is 1. The Hall–Kier alpha value is -2.30. The van der Waals surface area contributed by atoms with Crippen molar-refractivity contribution in [3.8, 4) is 0 Å². The zero-order valence-electron chi connectivity index (χ0n) is 11.8. The number of hydrogen-bond donors (Lipinski definition) is 1. The lowest BCUT2D eigenvalue weighted by Gasteiger charge is -2.15. The van der Waals surface area contributed by atoms with Gasteiger partial charge in [0.1, 0.15) is 11.5 Å². The summed E-state index contributed by atoms with van der Waals surface area (Å²) in [5, 5.41) is 3.88. The third-order valence-electron chi connectivity index (χ3n) is 3.08. The van der Waals surface area contributed by atoms with Crippen molar-refractivity contribution in [1.82, 2.24) is 10.1 Å². The lowest BCUT2D eigenvalue weighted by atomic mass is 10.1. The highest BCUT2D eigenvalue weighted by Gasteiger charge is 2.11. The van der Waals surface area contributed by atoms with E-state index in [0.29, 0.717) is 19.4 Å². The van der Waals surface area contributed by atoms with E-state index >= 15 is 0 Å². The van der Waals surface area contributed by atoms with Crippen LogP contribution in [0.4, 0.5) is 5.69 Å². The number of carbonyl (C=O) groups excluding carboxylic acids is 1. The van der Waals surface area contributed by atoms with Crippen LogP contribution in [0.3, 0.4) is 0 Å². The lowest BCUT2D eigenvalue weighted by molar-refractivity contribution is -0.130. The molecule has 0 radical (unpaired) electrons. The molecule has 0 fully saturated rings. The molecule has 20 heavy (non-hydrogen) atoms. The van der Waals surface area contributed by atoms with E-state index in [4.69, 9.17) is 10.3 Å². The number of anilines is 1. The van der Waals surface area contributed by atoms with Gasteiger partial charge in [0.2, 0.25) is 5.91 Å².